The fourth-order valence-corrected chi connectivity index (χ4v) is 8.04. The van der Waals surface area contributed by atoms with Gasteiger partial charge in [0.15, 0.2) is 0 Å². The molecule has 4 aromatic carbocycles. The quantitative estimate of drug-likeness (QED) is 0.349. The number of rotatable bonds is 6. The van der Waals surface area contributed by atoms with Crippen molar-refractivity contribution in [1.82, 2.24) is 0 Å². The Morgan fingerprint density at radius 3 is 0.778 bits per heavy atom. The topological polar surface area (TPSA) is 0 Å². The molecule has 0 bridgehead atoms. The van der Waals surface area contributed by atoms with Crippen LogP contribution in [0.5, 0.6) is 0 Å². The summed E-state index contributed by atoms with van der Waals surface area (Å²) in [6.45, 7) is 0. The van der Waals surface area contributed by atoms with Crippen LogP contribution in [0.15, 0.2) is 121 Å². The Labute approximate surface area is 180 Å². The summed E-state index contributed by atoms with van der Waals surface area (Å²) in [6, 6.07) is 44.3. The summed E-state index contributed by atoms with van der Waals surface area (Å²) in [4.78, 5) is 0. The summed E-state index contributed by atoms with van der Waals surface area (Å²) in [7, 11) is 0. The standard InChI is InChI=1S/2C13H11.Ca/c2*1-3-7-12(8-4-1)11-13-9-5-2-6-10-13;/h2*1-11H;. The Hall–Kier alpha value is -1.86. The van der Waals surface area contributed by atoms with E-state index in [0.717, 1.165) is 0 Å². The Bertz CT molecular complexity index is 774. The monoisotopic (exact) mass is 374 g/mol. The first kappa shape index (κ1) is 18.5. The van der Waals surface area contributed by atoms with Crippen molar-refractivity contribution < 1.29 is 0 Å². The zero-order chi connectivity index (χ0) is 18.3. The molecule has 0 heterocycles. The fraction of sp³-hybridized carbons (Fsp3) is 0.0769. The molecular weight excluding hydrogens is 352 g/mol. The van der Waals surface area contributed by atoms with Crippen LogP contribution < -0.4 is 0 Å². The second kappa shape index (κ2) is 9.37. The Morgan fingerprint density at radius 1 is 0.333 bits per heavy atom. The van der Waals surface area contributed by atoms with E-state index in [1.54, 1.807) is 0 Å². The molecule has 0 saturated carbocycles. The van der Waals surface area contributed by atoms with E-state index in [2.05, 4.69) is 121 Å². The molecule has 4 aromatic rings. The van der Waals surface area contributed by atoms with E-state index >= 15 is 0 Å². The van der Waals surface area contributed by atoms with E-state index in [9.17, 15) is 0 Å². The minimum atomic E-state index is -1.11. The van der Waals surface area contributed by atoms with Gasteiger partial charge in [0, 0.05) is 0 Å². The Morgan fingerprint density at radius 2 is 0.556 bits per heavy atom. The third-order valence-electron chi connectivity index (χ3n) is 5.28. The van der Waals surface area contributed by atoms with Crippen LogP contribution in [0.1, 0.15) is 26.3 Å². The zero-order valence-corrected chi connectivity index (χ0v) is 17.6. The molecular formula is C26H22Ca. The molecule has 0 aromatic heterocycles. The second-order valence-electron chi connectivity index (χ2n) is 6.98. The molecule has 0 unspecified atom stereocenters. The van der Waals surface area contributed by atoms with E-state index in [0.29, 0.717) is 4.03 Å². The van der Waals surface area contributed by atoms with Gasteiger partial charge in [-0.15, -0.1) is 0 Å². The van der Waals surface area contributed by atoms with Crippen LogP contribution in [-0.2, 0) is 0 Å². The molecule has 0 aliphatic rings. The summed E-state index contributed by atoms with van der Waals surface area (Å²) < 4.78 is 1.09. The molecule has 0 spiro atoms. The average Bonchev–Trinajstić information content (AvgIpc) is 2.77. The van der Waals surface area contributed by atoms with Gasteiger partial charge >= 0.3 is 181 Å². The average molecular weight is 375 g/mol. The van der Waals surface area contributed by atoms with Crippen molar-refractivity contribution in [2.24, 2.45) is 0 Å². The van der Waals surface area contributed by atoms with Gasteiger partial charge in [-0.2, -0.15) is 0 Å². The van der Waals surface area contributed by atoms with Crippen molar-refractivity contribution >= 4 is 33.8 Å². The van der Waals surface area contributed by atoms with Crippen molar-refractivity contribution in [2.45, 2.75) is 4.03 Å². The number of hydrogen-bond acceptors (Lipinski definition) is 0. The molecule has 0 N–H and O–H groups in total. The molecule has 1 heteroatoms. The molecule has 0 aliphatic heterocycles. The van der Waals surface area contributed by atoms with Crippen LogP contribution in [0.3, 0.4) is 0 Å². The number of benzene rings is 4. The molecule has 0 amide bonds. The van der Waals surface area contributed by atoms with E-state index in [1.165, 1.54) is 22.3 Å². The molecule has 0 aliphatic carbocycles. The molecule has 0 atom stereocenters. The van der Waals surface area contributed by atoms with E-state index in [-0.39, 0.29) is 0 Å². The van der Waals surface area contributed by atoms with Gasteiger partial charge in [-0.3, -0.25) is 0 Å². The van der Waals surface area contributed by atoms with Crippen LogP contribution in [-0.4, -0.2) is 33.8 Å². The zero-order valence-electron chi connectivity index (χ0n) is 15.4. The third kappa shape index (κ3) is 4.71. The first-order chi connectivity index (χ1) is 13.4. The summed E-state index contributed by atoms with van der Waals surface area (Å²) in [5.41, 5.74) is 5.84. The maximum absolute atomic E-state index is 2.30. The fourth-order valence-electron chi connectivity index (χ4n) is 3.91. The summed E-state index contributed by atoms with van der Waals surface area (Å²) >= 11 is -1.11. The van der Waals surface area contributed by atoms with Gasteiger partial charge in [-0.1, -0.05) is 0 Å². The van der Waals surface area contributed by atoms with Crippen LogP contribution in [0.2, 0.25) is 0 Å². The van der Waals surface area contributed by atoms with Crippen molar-refractivity contribution in [3.63, 3.8) is 0 Å². The normalized spacial score (nSPS) is 10.7. The third-order valence-corrected chi connectivity index (χ3v) is 9.70. The van der Waals surface area contributed by atoms with Crippen LogP contribution in [0.25, 0.3) is 0 Å². The summed E-state index contributed by atoms with van der Waals surface area (Å²) in [5.74, 6) is 0. The predicted molar refractivity (Wildman–Crippen MR) is 115 cm³/mol. The minimum absolute atomic E-state index is 0.547. The van der Waals surface area contributed by atoms with Crippen molar-refractivity contribution in [3.05, 3.63) is 144 Å². The molecule has 0 saturated heterocycles. The van der Waals surface area contributed by atoms with Gasteiger partial charge in [0.2, 0.25) is 0 Å². The molecule has 0 fully saturated rings. The molecule has 128 valence electrons. The van der Waals surface area contributed by atoms with E-state index in [1.807, 2.05) is 0 Å². The van der Waals surface area contributed by atoms with Gasteiger partial charge in [-0.25, -0.2) is 0 Å². The van der Waals surface area contributed by atoms with Crippen molar-refractivity contribution in [1.29, 1.82) is 0 Å². The van der Waals surface area contributed by atoms with Crippen molar-refractivity contribution in [3.8, 4) is 0 Å². The molecule has 27 heavy (non-hydrogen) atoms. The van der Waals surface area contributed by atoms with Crippen LogP contribution in [0, 0.1) is 0 Å². The van der Waals surface area contributed by atoms with Gasteiger partial charge in [0.05, 0.1) is 0 Å². The second-order valence-corrected chi connectivity index (χ2v) is 10.3. The first-order valence-electron chi connectivity index (χ1n) is 9.61. The van der Waals surface area contributed by atoms with Crippen LogP contribution >= 0.6 is 0 Å². The maximum atomic E-state index is 2.30. The summed E-state index contributed by atoms with van der Waals surface area (Å²) in [5, 5.41) is 0. The predicted octanol–water partition coefficient (Wildman–Crippen LogP) is 6.27. The molecule has 0 nitrogen and oxygen atoms in total. The number of hydrogen-bond donors (Lipinski definition) is 0. The summed E-state index contributed by atoms with van der Waals surface area (Å²) in [6.07, 6.45) is 0. The Balaban J connectivity index is 1.77. The van der Waals surface area contributed by atoms with Crippen LogP contribution in [0.4, 0.5) is 0 Å². The van der Waals surface area contributed by atoms with Gasteiger partial charge in [0.25, 0.3) is 0 Å². The SMILES string of the molecule is c1ccc([CH]([Ca][CH](c2ccccc2)c2ccccc2)c2ccccc2)cc1. The van der Waals surface area contributed by atoms with Gasteiger partial charge in [-0.05, 0) is 0 Å². The first-order valence-corrected chi connectivity index (χ1v) is 12.2. The molecule has 0 radical (unpaired) electrons. The molecule has 4 rings (SSSR count). The van der Waals surface area contributed by atoms with E-state index in [4.69, 9.17) is 0 Å². The Kier molecular flexibility index (Phi) is 6.42. The van der Waals surface area contributed by atoms with E-state index < -0.39 is 33.8 Å². The van der Waals surface area contributed by atoms with Crippen molar-refractivity contribution in [2.75, 3.05) is 0 Å². The van der Waals surface area contributed by atoms with Gasteiger partial charge in [0.1, 0.15) is 0 Å². The van der Waals surface area contributed by atoms with Gasteiger partial charge < -0.3 is 0 Å².